The normalized spacial score (nSPS) is 13.9. The number of benzene rings is 1. The van der Waals surface area contributed by atoms with Crippen LogP contribution >= 0.6 is 0 Å². The maximum Gasteiger partial charge on any atom is 0.352 e. The Bertz CT molecular complexity index is 1080. The molecule has 1 aliphatic rings. The van der Waals surface area contributed by atoms with E-state index in [2.05, 4.69) is 20.3 Å². The molecule has 4 rings (SSSR count). The maximum absolute atomic E-state index is 12.5. The summed E-state index contributed by atoms with van der Waals surface area (Å²) in [5.74, 6) is 1.28. The van der Waals surface area contributed by atoms with Crippen molar-refractivity contribution in [3.05, 3.63) is 46.5 Å². The highest BCUT2D eigenvalue weighted by molar-refractivity contribution is 5.92. The average Bonchev–Trinajstić information content (AvgIpc) is 3.31. The number of carbonyl (C=O) groups excluding carboxylic acids is 1. The van der Waals surface area contributed by atoms with Crippen LogP contribution in [0.1, 0.15) is 18.4 Å². The van der Waals surface area contributed by atoms with Gasteiger partial charge in [-0.25, -0.2) is 13.9 Å². The van der Waals surface area contributed by atoms with Gasteiger partial charge in [0.25, 0.3) is 5.78 Å². The molecule has 0 spiro atoms. The zero-order valence-electron chi connectivity index (χ0n) is 15.9. The first kappa shape index (κ1) is 18.0. The van der Waals surface area contributed by atoms with Crippen molar-refractivity contribution in [2.24, 2.45) is 0 Å². The number of nitrogens with one attached hydrogen (secondary N) is 1. The van der Waals surface area contributed by atoms with Gasteiger partial charge in [0.1, 0.15) is 18.1 Å². The molecule has 2 aromatic heterocycles. The fraction of sp³-hybridized carbons (Fsp3) is 0.368. The van der Waals surface area contributed by atoms with E-state index in [1.54, 1.807) is 12.3 Å². The Morgan fingerprint density at radius 3 is 2.79 bits per heavy atom. The minimum absolute atomic E-state index is 0.210. The molecule has 1 amide bonds. The summed E-state index contributed by atoms with van der Waals surface area (Å²) in [6.45, 7) is 3.62. The second kappa shape index (κ2) is 7.34. The smallest absolute Gasteiger partial charge is 0.352 e. The van der Waals surface area contributed by atoms with Crippen LogP contribution in [0.3, 0.4) is 0 Å². The summed E-state index contributed by atoms with van der Waals surface area (Å²) in [7, 11) is 1.54. The van der Waals surface area contributed by atoms with Crippen molar-refractivity contribution in [1.82, 2.24) is 19.2 Å². The average molecular weight is 382 g/mol. The van der Waals surface area contributed by atoms with Crippen molar-refractivity contribution in [3.8, 4) is 5.75 Å². The third-order valence-electron chi connectivity index (χ3n) is 4.79. The van der Waals surface area contributed by atoms with Gasteiger partial charge in [-0.05, 0) is 43.5 Å². The number of rotatable bonds is 5. The van der Waals surface area contributed by atoms with Crippen LogP contribution in [0.5, 0.6) is 5.75 Å². The fourth-order valence-corrected chi connectivity index (χ4v) is 3.37. The molecule has 0 atom stereocenters. The number of anilines is 2. The van der Waals surface area contributed by atoms with E-state index in [0.717, 1.165) is 42.0 Å². The number of hydrogen-bond acceptors (Lipinski definition) is 6. The van der Waals surface area contributed by atoms with Gasteiger partial charge in [0.2, 0.25) is 5.91 Å². The van der Waals surface area contributed by atoms with Gasteiger partial charge in [0.05, 0.1) is 12.8 Å². The molecule has 0 saturated carbocycles. The molecule has 1 aromatic carbocycles. The molecule has 3 aromatic rings. The van der Waals surface area contributed by atoms with Gasteiger partial charge in [-0.2, -0.15) is 4.98 Å². The number of hydrogen-bond donors (Lipinski definition) is 1. The lowest BCUT2D eigenvalue weighted by Gasteiger charge is -2.15. The molecule has 1 fully saturated rings. The number of nitrogens with zero attached hydrogens (tertiary/aromatic N) is 5. The van der Waals surface area contributed by atoms with E-state index in [-0.39, 0.29) is 18.2 Å². The Labute approximate surface area is 161 Å². The number of methoxy groups -OCH3 is 1. The summed E-state index contributed by atoms with van der Waals surface area (Å²) in [4.78, 5) is 31.6. The molecule has 3 heterocycles. The fourth-order valence-electron chi connectivity index (χ4n) is 3.37. The van der Waals surface area contributed by atoms with E-state index in [1.165, 1.54) is 11.5 Å². The van der Waals surface area contributed by atoms with Crippen LogP contribution < -0.4 is 20.6 Å². The van der Waals surface area contributed by atoms with Crippen molar-refractivity contribution in [2.45, 2.75) is 26.3 Å². The Balaban J connectivity index is 1.56. The molecule has 0 bridgehead atoms. The molecule has 1 saturated heterocycles. The molecule has 28 heavy (non-hydrogen) atoms. The molecular weight excluding hydrogens is 360 g/mol. The first-order valence-electron chi connectivity index (χ1n) is 9.21. The van der Waals surface area contributed by atoms with Crippen LogP contribution in [0, 0.1) is 6.92 Å². The van der Waals surface area contributed by atoms with Crippen LogP contribution in [0.4, 0.5) is 11.5 Å². The van der Waals surface area contributed by atoms with E-state index in [4.69, 9.17) is 4.74 Å². The molecule has 1 N–H and O–H groups in total. The first-order valence-corrected chi connectivity index (χ1v) is 9.21. The number of amides is 1. The highest BCUT2D eigenvalue weighted by Gasteiger charge is 2.17. The third kappa shape index (κ3) is 3.42. The molecule has 0 radical (unpaired) electrons. The van der Waals surface area contributed by atoms with Gasteiger partial charge in [-0.15, -0.1) is 5.10 Å². The van der Waals surface area contributed by atoms with Crippen molar-refractivity contribution in [2.75, 3.05) is 30.4 Å². The van der Waals surface area contributed by atoms with Crippen molar-refractivity contribution in [3.63, 3.8) is 0 Å². The molecule has 1 aliphatic heterocycles. The Hall–Kier alpha value is -3.36. The first-order chi connectivity index (χ1) is 13.5. The lowest BCUT2D eigenvalue weighted by atomic mass is 10.2. The predicted octanol–water partition coefficient (Wildman–Crippen LogP) is 1.45. The number of aromatic nitrogens is 4. The highest BCUT2D eigenvalue weighted by Crippen LogP contribution is 2.25. The zero-order valence-corrected chi connectivity index (χ0v) is 15.9. The summed E-state index contributed by atoms with van der Waals surface area (Å²) in [6.07, 6.45) is 3.93. The van der Waals surface area contributed by atoms with Crippen LogP contribution in [0.2, 0.25) is 0 Å². The number of aryl methyl sites for hydroxylation is 1. The van der Waals surface area contributed by atoms with Crippen LogP contribution in [0.15, 0.2) is 35.3 Å². The van der Waals surface area contributed by atoms with Gasteiger partial charge in [0.15, 0.2) is 0 Å². The van der Waals surface area contributed by atoms with Crippen molar-refractivity contribution >= 4 is 23.2 Å². The third-order valence-corrected chi connectivity index (χ3v) is 4.79. The van der Waals surface area contributed by atoms with Crippen LogP contribution in [-0.2, 0) is 11.3 Å². The van der Waals surface area contributed by atoms with Gasteiger partial charge in [-0.3, -0.25) is 4.79 Å². The summed E-state index contributed by atoms with van der Waals surface area (Å²) in [5, 5.41) is 7.00. The van der Waals surface area contributed by atoms with E-state index in [1.807, 2.05) is 25.1 Å². The van der Waals surface area contributed by atoms with E-state index >= 15 is 0 Å². The quantitative estimate of drug-likeness (QED) is 0.718. The lowest BCUT2D eigenvalue weighted by Crippen LogP contribution is -2.28. The van der Waals surface area contributed by atoms with E-state index in [9.17, 15) is 9.59 Å². The van der Waals surface area contributed by atoms with Gasteiger partial charge < -0.3 is 15.0 Å². The van der Waals surface area contributed by atoms with Crippen LogP contribution in [-0.4, -0.2) is 45.3 Å². The SMILES string of the molecule is COc1ccc(C)cc1NC(=O)Cn1nc2nc(N3CCCC3)ccn2c1=O. The second-order valence-corrected chi connectivity index (χ2v) is 6.84. The van der Waals surface area contributed by atoms with Crippen molar-refractivity contribution < 1.29 is 9.53 Å². The maximum atomic E-state index is 12.5. The van der Waals surface area contributed by atoms with Crippen molar-refractivity contribution in [1.29, 1.82) is 0 Å². The zero-order chi connectivity index (χ0) is 19.7. The summed E-state index contributed by atoms with van der Waals surface area (Å²) < 4.78 is 7.73. The highest BCUT2D eigenvalue weighted by atomic mass is 16.5. The minimum atomic E-state index is -0.401. The predicted molar refractivity (Wildman–Crippen MR) is 105 cm³/mol. The van der Waals surface area contributed by atoms with Crippen LogP contribution in [0.25, 0.3) is 5.78 Å². The number of carbonyl (C=O) groups is 1. The largest absolute Gasteiger partial charge is 0.495 e. The summed E-state index contributed by atoms with van der Waals surface area (Å²) in [5.41, 5.74) is 1.14. The summed E-state index contributed by atoms with van der Waals surface area (Å²) in [6, 6.07) is 7.30. The monoisotopic (exact) mass is 382 g/mol. The van der Waals surface area contributed by atoms with E-state index in [0.29, 0.717) is 11.4 Å². The minimum Gasteiger partial charge on any atom is -0.495 e. The van der Waals surface area contributed by atoms with Gasteiger partial charge in [0, 0.05) is 19.3 Å². The van der Waals surface area contributed by atoms with Gasteiger partial charge >= 0.3 is 5.69 Å². The summed E-state index contributed by atoms with van der Waals surface area (Å²) >= 11 is 0. The van der Waals surface area contributed by atoms with Gasteiger partial charge in [-0.1, -0.05) is 6.07 Å². The lowest BCUT2D eigenvalue weighted by molar-refractivity contribution is -0.117. The molecule has 0 unspecified atom stereocenters. The molecular formula is C19H22N6O3. The van der Waals surface area contributed by atoms with E-state index < -0.39 is 5.69 Å². The topological polar surface area (TPSA) is 93.8 Å². The number of fused-ring (bicyclic) bond motifs is 1. The molecule has 0 aliphatic carbocycles. The standard InChI is InChI=1S/C19H22N6O3/c1-13-5-6-15(28-2)14(11-13)20-17(26)12-25-19(27)24-10-7-16(21-18(24)22-25)23-8-3-4-9-23/h5-7,10-11H,3-4,8-9,12H2,1-2H3,(H,20,26). The second-order valence-electron chi connectivity index (χ2n) is 6.84. The Kier molecular flexibility index (Phi) is 4.72. The Morgan fingerprint density at radius 1 is 1.25 bits per heavy atom. The Morgan fingerprint density at radius 2 is 2.04 bits per heavy atom. The number of ether oxygens (including phenoxy) is 1. The molecule has 146 valence electrons. The molecule has 9 heteroatoms. The molecule has 9 nitrogen and oxygen atoms in total.